The molecule has 2 atom stereocenters. The van der Waals surface area contributed by atoms with Crippen molar-refractivity contribution in [2.45, 2.75) is 64.6 Å². The van der Waals surface area contributed by atoms with Crippen molar-refractivity contribution in [3.8, 4) is 0 Å². The molecule has 0 saturated carbocycles. The third-order valence-corrected chi connectivity index (χ3v) is 2.65. The molecule has 1 unspecified atom stereocenters. The van der Waals surface area contributed by atoms with E-state index in [-0.39, 0.29) is 18.2 Å². The monoisotopic (exact) mass is 228 g/mol. The third kappa shape index (κ3) is 4.00. The summed E-state index contributed by atoms with van der Waals surface area (Å²) in [6.07, 6.45) is 2.76. The standard InChI is InChI=1S/C12H24N2O2/c1-9(13)8-10-6-5-7-14(10)11(15)16-12(2,3)4/h9-10H,5-8,13H2,1-4H3/t9-,10?/m1/s1. The number of rotatable bonds is 2. The molecule has 1 heterocycles. The molecule has 0 radical (unpaired) electrons. The Morgan fingerprint density at radius 1 is 1.56 bits per heavy atom. The number of carbonyl (C=O) groups is 1. The van der Waals surface area contributed by atoms with Gasteiger partial charge < -0.3 is 15.4 Å². The maximum Gasteiger partial charge on any atom is 0.410 e. The van der Waals surface area contributed by atoms with Crippen molar-refractivity contribution in [1.82, 2.24) is 4.90 Å². The van der Waals surface area contributed by atoms with Crippen LogP contribution in [-0.2, 0) is 4.74 Å². The van der Waals surface area contributed by atoms with Crippen LogP contribution in [0.3, 0.4) is 0 Å². The largest absolute Gasteiger partial charge is 0.444 e. The summed E-state index contributed by atoms with van der Waals surface area (Å²) in [7, 11) is 0. The van der Waals surface area contributed by atoms with Gasteiger partial charge in [-0.2, -0.15) is 0 Å². The van der Waals surface area contributed by atoms with Crippen LogP contribution in [-0.4, -0.2) is 35.2 Å². The van der Waals surface area contributed by atoms with Crippen molar-refractivity contribution in [2.75, 3.05) is 6.54 Å². The van der Waals surface area contributed by atoms with E-state index in [0.29, 0.717) is 0 Å². The molecule has 4 nitrogen and oxygen atoms in total. The van der Waals surface area contributed by atoms with Crippen LogP contribution in [0.5, 0.6) is 0 Å². The van der Waals surface area contributed by atoms with E-state index in [1.807, 2.05) is 32.6 Å². The predicted octanol–water partition coefficient (Wildman–Crippen LogP) is 2.12. The zero-order valence-electron chi connectivity index (χ0n) is 10.8. The molecule has 2 N–H and O–H groups in total. The number of hydrogen-bond acceptors (Lipinski definition) is 3. The maximum absolute atomic E-state index is 11.9. The first-order valence-corrected chi connectivity index (χ1v) is 6.05. The second kappa shape index (κ2) is 5.04. The molecule has 1 fully saturated rings. The van der Waals surface area contributed by atoms with E-state index in [1.165, 1.54) is 0 Å². The Labute approximate surface area is 98.1 Å². The minimum absolute atomic E-state index is 0.132. The predicted molar refractivity (Wildman–Crippen MR) is 64.2 cm³/mol. The maximum atomic E-state index is 11.9. The summed E-state index contributed by atoms with van der Waals surface area (Å²) in [6.45, 7) is 8.45. The summed E-state index contributed by atoms with van der Waals surface area (Å²) in [5.74, 6) is 0. The average molecular weight is 228 g/mol. The van der Waals surface area contributed by atoms with Gasteiger partial charge in [-0.05, 0) is 47.0 Å². The van der Waals surface area contributed by atoms with E-state index in [4.69, 9.17) is 10.5 Å². The molecule has 94 valence electrons. The van der Waals surface area contributed by atoms with E-state index < -0.39 is 5.60 Å². The Kier molecular flexibility index (Phi) is 4.19. The number of amides is 1. The Balaban J connectivity index is 2.54. The van der Waals surface area contributed by atoms with E-state index in [1.54, 1.807) is 0 Å². The molecule has 1 aliphatic rings. The van der Waals surface area contributed by atoms with Crippen LogP contribution in [0.4, 0.5) is 4.79 Å². The van der Waals surface area contributed by atoms with Crippen LogP contribution in [0.1, 0.15) is 47.0 Å². The topological polar surface area (TPSA) is 55.6 Å². The zero-order chi connectivity index (χ0) is 12.3. The highest BCUT2D eigenvalue weighted by molar-refractivity contribution is 5.68. The zero-order valence-corrected chi connectivity index (χ0v) is 10.8. The van der Waals surface area contributed by atoms with Crippen molar-refractivity contribution >= 4 is 6.09 Å². The summed E-state index contributed by atoms with van der Waals surface area (Å²) in [4.78, 5) is 13.7. The van der Waals surface area contributed by atoms with E-state index in [0.717, 1.165) is 25.8 Å². The lowest BCUT2D eigenvalue weighted by Gasteiger charge is -2.29. The van der Waals surface area contributed by atoms with Gasteiger partial charge in [0.15, 0.2) is 0 Å². The van der Waals surface area contributed by atoms with Gasteiger partial charge in [0.2, 0.25) is 0 Å². The lowest BCUT2D eigenvalue weighted by atomic mass is 10.1. The fraction of sp³-hybridized carbons (Fsp3) is 0.917. The van der Waals surface area contributed by atoms with Crippen LogP contribution in [0.15, 0.2) is 0 Å². The summed E-state index contributed by atoms with van der Waals surface area (Å²) in [5.41, 5.74) is 5.36. The van der Waals surface area contributed by atoms with Crippen molar-refractivity contribution in [3.05, 3.63) is 0 Å². The number of hydrogen-bond donors (Lipinski definition) is 1. The minimum Gasteiger partial charge on any atom is -0.444 e. The summed E-state index contributed by atoms with van der Waals surface area (Å²) < 4.78 is 5.38. The van der Waals surface area contributed by atoms with E-state index in [2.05, 4.69) is 0 Å². The second-order valence-electron chi connectivity index (χ2n) is 5.68. The van der Waals surface area contributed by atoms with E-state index >= 15 is 0 Å². The van der Waals surface area contributed by atoms with Crippen LogP contribution in [0.2, 0.25) is 0 Å². The van der Waals surface area contributed by atoms with Crippen LogP contribution in [0, 0.1) is 0 Å². The lowest BCUT2D eigenvalue weighted by Crippen LogP contribution is -2.41. The number of likely N-dealkylation sites (tertiary alicyclic amines) is 1. The van der Waals surface area contributed by atoms with E-state index in [9.17, 15) is 4.79 Å². The van der Waals surface area contributed by atoms with Crippen molar-refractivity contribution in [3.63, 3.8) is 0 Å². The van der Waals surface area contributed by atoms with Gasteiger partial charge in [0.25, 0.3) is 0 Å². The Hall–Kier alpha value is -0.770. The lowest BCUT2D eigenvalue weighted by molar-refractivity contribution is 0.0217. The molecule has 0 aliphatic carbocycles. The first kappa shape index (κ1) is 13.3. The number of nitrogens with two attached hydrogens (primary N) is 1. The molecule has 0 bridgehead atoms. The molecule has 1 aliphatic heterocycles. The normalized spacial score (nSPS) is 23.3. The summed E-state index contributed by atoms with van der Waals surface area (Å²) in [6, 6.07) is 0.392. The quantitative estimate of drug-likeness (QED) is 0.787. The molecular formula is C12H24N2O2. The van der Waals surface area contributed by atoms with Gasteiger partial charge in [0.05, 0.1) is 0 Å². The number of ether oxygens (including phenoxy) is 1. The minimum atomic E-state index is -0.418. The third-order valence-electron chi connectivity index (χ3n) is 2.65. The van der Waals surface area contributed by atoms with Crippen molar-refractivity contribution < 1.29 is 9.53 Å². The molecule has 0 spiro atoms. The van der Waals surface area contributed by atoms with Crippen molar-refractivity contribution in [2.24, 2.45) is 5.73 Å². The summed E-state index contributed by atoms with van der Waals surface area (Å²) in [5, 5.41) is 0. The van der Waals surface area contributed by atoms with Gasteiger partial charge in [-0.15, -0.1) is 0 Å². The molecular weight excluding hydrogens is 204 g/mol. The fourth-order valence-corrected chi connectivity index (χ4v) is 2.07. The first-order valence-electron chi connectivity index (χ1n) is 6.05. The van der Waals surface area contributed by atoms with Gasteiger partial charge in [-0.25, -0.2) is 4.79 Å². The molecule has 16 heavy (non-hydrogen) atoms. The molecule has 0 aromatic carbocycles. The Bertz CT molecular complexity index is 246. The highest BCUT2D eigenvalue weighted by Gasteiger charge is 2.32. The molecule has 0 aromatic heterocycles. The highest BCUT2D eigenvalue weighted by Crippen LogP contribution is 2.23. The van der Waals surface area contributed by atoms with Crippen molar-refractivity contribution in [1.29, 1.82) is 0 Å². The molecule has 4 heteroatoms. The molecule has 1 rings (SSSR count). The number of nitrogens with zero attached hydrogens (tertiary/aromatic N) is 1. The highest BCUT2D eigenvalue weighted by atomic mass is 16.6. The van der Waals surface area contributed by atoms with Gasteiger partial charge >= 0.3 is 6.09 Å². The number of carbonyl (C=O) groups excluding carboxylic acids is 1. The first-order chi connectivity index (χ1) is 7.29. The van der Waals surface area contributed by atoms with Gasteiger partial charge in [-0.3, -0.25) is 0 Å². The van der Waals surface area contributed by atoms with Crippen LogP contribution >= 0.6 is 0 Å². The average Bonchev–Trinajstić information content (AvgIpc) is 2.47. The smallest absolute Gasteiger partial charge is 0.410 e. The van der Waals surface area contributed by atoms with Gasteiger partial charge in [-0.1, -0.05) is 0 Å². The Morgan fingerprint density at radius 3 is 2.69 bits per heavy atom. The molecule has 1 saturated heterocycles. The Morgan fingerprint density at radius 2 is 2.19 bits per heavy atom. The van der Waals surface area contributed by atoms with Crippen LogP contribution in [0.25, 0.3) is 0 Å². The van der Waals surface area contributed by atoms with Crippen LogP contribution < -0.4 is 5.73 Å². The van der Waals surface area contributed by atoms with Gasteiger partial charge in [0, 0.05) is 18.6 Å². The summed E-state index contributed by atoms with van der Waals surface area (Å²) >= 11 is 0. The second-order valence-corrected chi connectivity index (χ2v) is 5.68. The molecule has 1 amide bonds. The van der Waals surface area contributed by atoms with Gasteiger partial charge in [0.1, 0.15) is 5.60 Å². The molecule has 0 aromatic rings. The SMILES string of the molecule is C[C@@H](N)CC1CCCN1C(=O)OC(C)(C)C. The fourth-order valence-electron chi connectivity index (χ4n) is 2.07.